The van der Waals surface area contributed by atoms with Crippen LogP contribution in [0.1, 0.15) is 33.9 Å². The van der Waals surface area contributed by atoms with Crippen molar-refractivity contribution in [3.63, 3.8) is 0 Å². The first kappa shape index (κ1) is 20.5. The average Bonchev–Trinajstić information content (AvgIpc) is 3.14. The van der Waals surface area contributed by atoms with E-state index in [1.165, 1.54) is 0 Å². The zero-order valence-corrected chi connectivity index (χ0v) is 17.9. The average molecular weight is 407 g/mol. The van der Waals surface area contributed by atoms with Crippen molar-refractivity contribution < 1.29 is 4.79 Å². The van der Waals surface area contributed by atoms with Gasteiger partial charge in [0.15, 0.2) is 0 Å². The van der Waals surface area contributed by atoms with Crippen LogP contribution in [0.15, 0.2) is 42.0 Å². The van der Waals surface area contributed by atoms with Gasteiger partial charge in [0.2, 0.25) is 0 Å². The van der Waals surface area contributed by atoms with Gasteiger partial charge in [0.25, 0.3) is 5.91 Å². The molecule has 0 saturated heterocycles. The fourth-order valence-corrected chi connectivity index (χ4v) is 3.54. The second kappa shape index (κ2) is 8.02. The number of amides is 1. The Balaban J connectivity index is 1.97. The lowest BCUT2D eigenvalue weighted by Crippen LogP contribution is -2.25. The van der Waals surface area contributed by atoms with E-state index in [4.69, 9.17) is 11.6 Å². The molecule has 3 aromatic rings. The molecule has 0 aliphatic rings. The topological polar surface area (TPSA) is 62.8 Å². The summed E-state index contributed by atoms with van der Waals surface area (Å²) >= 11 is 6.29. The molecular formula is C23H23ClN4O. The third-order valence-electron chi connectivity index (χ3n) is 5.03. The predicted octanol–water partition coefficient (Wildman–Crippen LogP) is 5.15. The molecule has 0 unspecified atom stereocenters. The number of benzene rings is 1. The number of halogens is 1. The number of aromatic nitrogens is 2. The Kier molecular flexibility index (Phi) is 5.67. The van der Waals surface area contributed by atoms with E-state index in [1.807, 2.05) is 77.1 Å². The molecule has 3 rings (SSSR count). The van der Waals surface area contributed by atoms with Crippen molar-refractivity contribution in [3.05, 3.63) is 80.9 Å². The minimum Gasteiger partial charge on any atom is -0.318 e. The van der Waals surface area contributed by atoms with Gasteiger partial charge < -0.3 is 4.57 Å². The van der Waals surface area contributed by atoms with Gasteiger partial charge in [-0.15, -0.1) is 0 Å². The number of carbonyl (C=O) groups is 1. The van der Waals surface area contributed by atoms with Gasteiger partial charge in [-0.25, -0.2) is 0 Å². The number of nitrogens with zero attached hydrogens (tertiary/aromatic N) is 3. The maximum atomic E-state index is 12.7. The smallest absolute Gasteiger partial charge is 0.280 e. The maximum Gasteiger partial charge on any atom is 0.280 e. The lowest BCUT2D eigenvalue weighted by atomic mass is 10.1. The molecule has 0 aliphatic carbocycles. The summed E-state index contributed by atoms with van der Waals surface area (Å²) in [5, 5.41) is 10.3. The number of carbonyl (C=O) groups excluding carboxylic acids is 1. The van der Waals surface area contributed by atoms with Crippen LogP contribution in [-0.4, -0.2) is 15.2 Å². The number of nitrogens with one attached hydrogen (secondary N) is 1. The monoisotopic (exact) mass is 406 g/mol. The van der Waals surface area contributed by atoms with E-state index in [2.05, 4.69) is 9.99 Å². The molecule has 0 fully saturated rings. The molecular weight excluding hydrogens is 384 g/mol. The second-order valence-electron chi connectivity index (χ2n) is 7.16. The lowest BCUT2D eigenvalue weighted by Gasteiger charge is -2.11. The molecule has 5 nitrogen and oxygen atoms in total. The van der Waals surface area contributed by atoms with Gasteiger partial charge in [0, 0.05) is 33.5 Å². The fourth-order valence-electron chi connectivity index (χ4n) is 3.36. The lowest BCUT2D eigenvalue weighted by molar-refractivity contribution is -0.113. The van der Waals surface area contributed by atoms with Crippen molar-refractivity contribution in [1.29, 1.82) is 5.26 Å². The summed E-state index contributed by atoms with van der Waals surface area (Å²) in [4.78, 5) is 12.7. The molecule has 1 amide bonds. The van der Waals surface area contributed by atoms with E-state index < -0.39 is 5.91 Å². The normalized spacial score (nSPS) is 11.4. The summed E-state index contributed by atoms with van der Waals surface area (Å²) < 4.78 is 3.73. The third kappa shape index (κ3) is 3.98. The minimum absolute atomic E-state index is 0.0414. The zero-order valence-electron chi connectivity index (χ0n) is 17.2. The number of aryl methyl sites for hydroxylation is 4. The summed E-state index contributed by atoms with van der Waals surface area (Å²) in [6.07, 6.45) is 1.62. The molecule has 6 heteroatoms. The van der Waals surface area contributed by atoms with Crippen molar-refractivity contribution in [2.75, 3.05) is 5.43 Å². The molecule has 2 aromatic heterocycles. The van der Waals surface area contributed by atoms with E-state index in [9.17, 15) is 10.1 Å². The largest absolute Gasteiger partial charge is 0.318 e. The van der Waals surface area contributed by atoms with Gasteiger partial charge in [0.05, 0.1) is 0 Å². The predicted molar refractivity (Wildman–Crippen MR) is 117 cm³/mol. The van der Waals surface area contributed by atoms with Crippen LogP contribution < -0.4 is 5.43 Å². The van der Waals surface area contributed by atoms with Crippen LogP contribution in [0.4, 0.5) is 0 Å². The molecule has 1 N–H and O–H groups in total. The minimum atomic E-state index is -0.446. The Morgan fingerprint density at radius 2 is 1.69 bits per heavy atom. The van der Waals surface area contributed by atoms with Crippen LogP contribution in [0.25, 0.3) is 11.8 Å². The van der Waals surface area contributed by atoms with E-state index in [-0.39, 0.29) is 5.57 Å². The van der Waals surface area contributed by atoms with Crippen molar-refractivity contribution in [2.24, 2.45) is 0 Å². The summed E-state index contributed by atoms with van der Waals surface area (Å²) in [5.74, 6) is -0.446. The molecule has 0 radical (unpaired) electrons. The SMILES string of the molecule is Cc1ccc(-n2c(C)cc(/C=C(/C#N)C(=O)Nn3c(C)ccc3C)c2C)cc1Cl. The number of hydrogen-bond donors (Lipinski definition) is 1. The van der Waals surface area contributed by atoms with Crippen molar-refractivity contribution in [2.45, 2.75) is 34.6 Å². The molecule has 0 aliphatic heterocycles. The highest BCUT2D eigenvalue weighted by molar-refractivity contribution is 6.31. The Bertz CT molecular complexity index is 1150. The van der Waals surface area contributed by atoms with E-state index >= 15 is 0 Å². The Hall–Kier alpha value is -3.23. The van der Waals surface area contributed by atoms with Gasteiger partial charge in [-0.1, -0.05) is 17.7 Å². The van der Waals surface area contributed by atoms with Crippen LogP contribution in [0.5, 0.6) is 0 Å². The molecule has 0 spiro atoms. The first-order valence-corrected chi connectivity index (χ1v) is 9.64. The van der Waals surface area contributed by atoms with E-state index in [0.29, 0.717) is 5.02 Å². The van der Waals surface area contributed by atoms with Gasteiger partial charge >= 0.3 is 0 Å². The van der Waals surface area contributed by atoms with Gasteiger partial charge in [-0.2, -0.15) is 5.26 Å². The third-order valence-corrected chi connectivity index (χ3v) is 5.44. The Morgan fingerprint density at radius 1 is 1.03 bits per heavy atom. The maximum absolute atomic E-state index is 12.7. The molecule has 1 aromatic carbocycles. The summed E-state index contributed by atoms with van der Waals surface area (Å²) in [6.45, 7) is 9.69. The summed E-state index contributed by atoms with van der Waals surface area (Å²) in [6, 6.07) is 13.7. The number of nitriles is 1. The van der Waals surface area contributed by atoms with Crippen LogP contribution in [0.2, 0.25) is 5.02 Å². The summed E-state index contributed by atoms with van der Waals surface area (Å²) in [7, 11) is 0. The molecule has 0 bridgehead atoms. The van der Waals surface area contributed by atoms with Crippen molar-refractivity contribution in [3.8, 4) is 11.8 Å². The van der Waals surface area contributed by atoms with Gasteiger partial charge in [-0.3, -0.25) is 14.9 Å². The molecule has 2 heterocycles. The van der Waals surface area contributed by atoms with Crippen LogP contribution in [0.3, 0.4) is 0 Å². The van der Waals surface area contributed by atoms with Crippen LogP contribution in [0, 0.1) is 45.9 Å². The fraction of sp³-hybridized carbons (Fsp3) is 0.217. The molecule has 148 valence electrons. The van der Waals surface area contributed by atoms with Gasteiger partial charge in [-0.05, 0) is 82.2 Å². The molecule has 0 atom stereocenters. The van der Waals surface area contributed by atoms with Crippen LogP contribution >= 0.6 is 11.6 Å². The van der Waals surface area contributed by atoms with E-state index in [0.717, 1.165) is 39.6 Å². The Labute approximate surface area is 175 Å². The van der Waals surface area contributed by atoms with Gasteiger partial charge in [0.1, 0.15) is 11.6 Å². The number of rotatable bonds is 4. The first-order chi connectivity index (χ1) is 13.7. The van der Waals surface area contributed by atoms with Crippen molar-refractivity contribution >= 4 is 23.6 Å². The van der Waals surface area contributed by atoms with E-state index in [1.54, 1.807) is 10.8 Å². The van der Waals surface area contributed by atoms with Crippen molar-refractivity contribution in [1.82, 2.24) is 9.24 Å². The summed E-state index contributed by atoms with van der Waals surface area (Å²) in [5.41, 5.74) is 9.28. The highest BCUT2D eigenvalue weighted by Crippen LogP contribution is 2.26. The highest BCUT2D eigenvalue weighted by Gasteiger charge is 2.15. The quantitative estimate of drug-likeness (QED) is 0.481. The zero-order chi connectivity index (χ0) is 21.3. The van der Waals surface area contributed by atoms with Crippen LogP contribution in [-0.2, 0) is 4.79 Å². The second-order valence-corrected chi connectivity index (χ2v) is 7.56. The Morgan fingerprint density at radius 3 is 2.28 bits per heavy atom. The highest BCUT2D eigenvalue weighted by atomic mass is 35.5. The standard InChI is InChI=1S/C23H23ClN4O/c1-14-6-9-21(12-22(14)24)27-17(4)10-19(18(27)5)11-20(13-25)23(29)26-28-15(2)7-8-16(28)3/h6-12H,1-5H3,(H,26,29)/b20-11-. The molecule has 29 heavy (non-hydrogen) atoms. The molecule has 0 saturated carbocycles. The number of hydrogen-bond acceptors (Lipinski definition) is 2. The first-order valence-electron chi connectivity index (χ1n) is 9.26.